The summed E-state index contributed by atoms with van der Waals surface area (Å²) < 4.78 is 0. The van der Waals surface area contributed by atoms with Crippen molar-refractivity contribution in [3.63, 3.8) is 0 Å². The van der Waals surface area contributed by atoms with Gasteiger partial charge >= 0.3 is 0 Å². The maximum Gasteiger partial charge on any atom is 0.109 e. The molecule has 2 unspecified atom stereocenters. The monoisotopic (exact) mass is 290 g/mol. The second-order valence-corrected chi connectivity index (χ2v) is 5.89. The molecule has 2 atom stereocenters. The summed E-state index contributed by atoms with van der Waals surface area (Å²) in [6.07, 6.45) is 2.84. The van der Waals surface area contributed by atoms with E-state index in [-0.39, 0.29) is 0 Å². The topological polar surface area (TPSA) is 40.5 Å². The number of hydrogen-bond donors (Lipinski definition) is 2. The lowest BCUT2D eigenvalue weighted by molar-refractivity contribution is 0.0470. The summed E-state index contributed by atoms with van der Waals surface area (Å²) in [5.41, 5.74) is 3.12. The van der Waals surface area contributed by atoms with Gasteiger partial charge in [-0.15, -0.1) is 0 Å². The highest BCUT2D eigenvalue weighted by Gasteiger charge is 2.25. The molecule has 3 aromatic rings. The highest BCUT2D eigenvalue weighted by molar-refractivity contribution is 6.09. The smallest absolute Gasteiger partial charge is 0.109 e. The number of rotatable bonds is 1. The van der Waals surface area contributed by atoms with Gasteiger partial charge in [-0.2, -0.15) is 0 Å². The maximum absolute atomic E-state index is 10.4. The summed E-state index contributed by atoms with van der Waals surface area (Å²) in [5.74, 6) is 0. The molecule has 0 amide bonds. The molecule has 0 aromatic heterocycles. The van der Waals surface area contributed by atoms with Gasteiger partial charge in [0, 0.05) is 0 Å². The van der Waals surface area contributed by atoms with E-state index in [1.807, 2.05) is 24.3 Å². The molecule has 2 heteroatoms. The number of benzene rings is 3. The van der Waals surface area contributed by atoms with Gasteiger partial charge in [-0.25, -0.2) is 0 Å². The minimum Gasteiger partial charge on any atom is -0.386 e. The van der Waals surface area contributed by atoms with Crippen molar-refractivity contribution in [2.75, 3.05) is 0 Å². The molecule has 0 radical (unpaired) electrons. The number of aliphatic hydroxyl groups excluding tert-OH is 2. The van der Waals surface area contributed by atoms with Gasteiger partial charge in [-0.1, -0.05) is 55.5 Å². The van der Waals surface area contributed by atoms with Crippen molar-refractivity contribution in [1.29, 1.82) is 0 Å². The molecule has 22 heavy (non-hydrogen) atoms. The van der Waals surface area contributed by atoms with Crippen LogP contribution < -0.4 is 0 Å². The van der Waals surface area contributed by atoms with Crippen LogP contribution in [0, 0.1) is 0 Å². The van der Waals surface area contributed by atoms with Gasteiger partial charge in [-0.05, 0) is 50.7 Å². The maximum atomic E-state index is 10.4. The Bertz CT molecular complexity index is 908. The third-order valence-electron chi connectivity index (χ3n) is 4.69. The molecule has 2 N–H and O–H groups in total. The number of hydrogen-bond acceptors (Lipinski definition) is 2. The summed E-state index contributed by atoms with van der Waals surface area (Å²) in [5, 5.41) is 25.1. The van der Waals surface area contributed by atoms with E-state index in [0.717, 1.165) is 22.9 Å². The Kier molecular flexibility index (Phi) is 3.03. The van der Waals surface area contributed by atoms with Crippen LogP contribution in [0.15, 0.2) is 48.5 Å². The Labute approximate surface area is 129 Å². The Balaban J connectivity index is 2.17. The minimum atomic E-state index is -0.853. The molecule has 110 valence electrons. The Hall–Kier alpha value is -2.16. The van der Waals surface area contributed by atoms with Gasteiger partial charge in [0.05, 0.1) is 0 Å². The first kappa shape index (κ1) is 13.5. The largest absolute Gasteiger partial charge is 0.386 e. The fraction of sp³-hybridized carbons (Fsp3) is 0.200. The predicted molar refractivity (Wildman–Crippen MR) is 90.8 cm³/mol. The molecule has 0 saturated carbocycles. The van der Waals surface area contributed by atoms with Crippen LogP contribution in [0.25, 0.3) is 27.6 Å². The van der Waals surface area contributed by atoms with Gasteiger partial charge in [0.1, 0.15) is 12.2 Å². The van der Waals surface area contributed by atoms with Gasteiger partial charge in [0.25, 0.3) is 0 Å². The van der Waals surface area contributed by atoms with E-state index in [9.17, 15) is 10.2 Å². The molecule has 1 aliphatic rings. The molecule has 0 saturated heterocycles. The van der Waals surface area contributed by atoms with Crippen molar-refractivity contribution >= 4 is 27.6 Å². The molecular formula is C20H18O2. The van der Waals surface area contributed by atoms with Crippen LogP contribution in [0.5, 0.6) is 0 Å². The number of aryl methyl sites for hydroxylation is 1. The van der Waals surface area contributed by atoms with Gasteiger partial charge in [0.15, 0.2) is 0 Å². The lowest BCUT2D eigenvalue weighted by Gasteiger charge is -2.25. The highest BCUT2D eigenvalue weighted by Crippen LogP contribution is 2.38. The summed E-state index contributed by atoms with van der Waals surface area (Å²) >= 11 is 0. The lowest BCUT2D eigenvalue weighted by Crippen LogP contribution is -2.20. The molecule has 0 bridgehead atoms. The van der Waals surface area contributed by atoms with Crippen molar-refractivity contribution in [2.45, 2.75) is 25.6 Å². The Morgan fingerprint density at radius 1 is 0.955 bits per heavy atom. The molecule has 1 aliphatic carbocycles. The third kappa shape index (κ3) is 1.81. The summed E-state index contributed by atoms with van der Waals surface area (Å²) in [6.45, 7) is 2.13. The number of aliphatic hydroxyl groups is 2. The predicted octanol–water partition coefficient (Wildman–Crippen LogP) is 3.98. The van der Waals surface area contributed by atoms with E-state index in [4.69, 9.17) is 0 Å². The zero-order valence-electron chi connectivity index (χ0n) is 12.5. The van der Waals surface area contributed by atoms with E-state index in [1.165, 1.54) is 21.7 Å². The van der Waals surface area contributed by atoms with Crippen LogP contribution in [0.1, 0.15) is 29.7 Å². The molecule has 2 nitrogen and oxygen atoms in total. The Morgan fingerprint density at radius 3 is 2.59 bits per heavy atom. The third-order valence-corrected chi connectivity index (χ3v) is 4.69. The van der Waals surface area contributed by atoms with Crippen LogP contribution in [-0.2, 0) is 6.42 Å². The molecule has 3 aromatic carbocycles. The quantitative estimate of drug-likeness (QED) is 0.666. The van der Waals surface area contributed by atoms with Crippen molar-refractivity contribution < 1.29 is 10.2 Å². The van der Waals surface area contributed by atoms with Crippen molar-refractivity contribution in [2.24, 2.45) is 0 Å². The second-order valence-electron chi connectivity index (χ2n) is 5.89. The first-order valence-corrected chi connectivity index (χ1v) is 7.72. The fourth-order valence-electron chi connectivity index (χ4n) is 3.57. The molecule has 0 fully saturated rings. The van der Waals surface area contributed by atoms with E-state index in [0.29, 0.717) is 0 Å². The first-order valence-electron chi connectivity index (χ1n) is 7.72. The van der Waals surface area contributed by atoms with Crippen LogP contribution >= 0.6 is 0 Å². The van der Waals surface area contributed by atoms with Crippen LogP contribution in [-0.4, -0.2) is 16.3 Å². The summed E-state index contributed by atoms with van der Waals surface area (Å²) in [6, 6.07) is 14.7. The van der Waals surface area contributed by atoms with Crippen LogP contribution in [0.4, 0.5) is 0 Å². The summed E-state index contributed by atoms with van der Waals surface area (Å²) in [4.78, 5) is 0. The Morgan fingerprint density at radius 2 is 1.77 bits per heavy atom. The van der Waals surface area contributed by atoms with Crippen molar-refractivity contribution in [1.82, 2.24) is 0 Å². The standard InChI is InChI=1S/C20H18O2/c1-2-13-15-8-7-12-5-3-4-6-14(12)17(15)11-18-16(13)9-10-19(21)20(18)22/h3-11,19-22H,2H2,1H3. The van der Waals surface area contributed by atoms with Crippen LogP contribution in [0.2, 0.25) is 0 Å². The average Bonchev–Trinajstić information content (AvgIpc) is 2.56. The molecular weight excluding hydrogens is 272 g/mol. The average molecular weight is 290 g/mol. The van der Waals surface area contributed by atoms with Crippen molar-refractivity contribution in [3.05, 3.63) is 65.2 Å². The number of fused-ring (bicyclic) bond motifs is 4. The van der Waals surface area contributed by atoms with E-state index in [1.54, 1.807) is 6.08 Å². The second kappa shape index (κ2) is 4.94. The van der Waals surface area contributed by atoms with Gasteiger partial charge in [0.2, 0.25) is 0 Å². The first-order chi connectivity index (χ1) is 10.7. The zero-order chi connectivity index (χ0) is 15.3. The van der Waals surface area contributed by atoms with Crippen LogP contribution in [0.3, 0.4) is 0 Å². The van der Waals surface area contributed by atoms with Gasteiger partial charge < -0.3 is 10.2 Å². The molecule has 0 heterocycles. The highest BCUT2D eigenvalue weighted by atomic mass is 16.3. The summed E-state index contributed by atoms with van der Waals surface area (Å²) in [7, 11) is 0. The van der Waals surface area contributed by atoms with E-state index in [2.05, 4.69) is 31.2 Å². The molecule has 0 aliphatic heterocycles. The zero-order valence-corrected chi connectivity index (χ0v) is 12.5. The van der Waals surface area contributed by atoms with Gasteiger partial charge in [-0.3, -0.25) is 0 Å². The van der Waals surface area contributed by atoms with Crippen molar-refractivity contribution in [3.8, 4) is 0 Å². The lowest BCUT2D eigenvalue weighted by atomic mass is 9.84. The SMILES string of the molecule is CCc1c2c(cc3c1ccc1ccccc13)C(O)C(O)C=C2. The fourth-order valence-corrected chi connectivity index (χ4v) is 3.57. The molecule has 0 spiro atoms. The minimum absolute atomic E-state index is 0.829. The van der Waals surface area contributed by atoms with E-state index < -0.39 is 12.2 Å². The van der Waals surface area contributed by atoms with E-state index >= 15 is 0 Å². The normalized spacial score (nSPS) is 20.5. The molecule has 4 rings (SSSR count).